The van der Waals surface area contributed by atoms with E-state index in [0.717, 1.165) is 30.3 Å². The Balaban J connectivity index is 1.59. The van der Waals surface area contributed by atoms with Crippen LogP contribution in [0.15, 0.2) is 18.2 Å². The maximum Gasteiger partial charge on any atom is 0.0716 e. The molecule has 116 valence electrons. The van der Waals surface area contributed by atoms with E-state index in [2.05, 4.69) is 15.9 Å². The molecule has 0 bridgehead atoms. The van der Waals surface area contributed by atoms with Crippen molar-refractivity contribution in [2.45, 2.75) is 32.3 Å². The number of aliphatic hydroxyl groups is 1. The van der Waals surface area contributed by atoms with Crippen LogP contribution in [-0.4, -0.2) is 42.7 Å². The van der Waals surface area contributed by atoms with Gasteiger partial charge in [-0.3, -0.25) is 0 Å². The number of piperidine rings is 1. The van der Waals surface area contributed by atoms with Crippen LogP contribution >= 0.6 is 11.6 Å². The first-order valence-corrected chi connectivity index (χ1v) is 8.51. The van der Waals surface area contributed by atoms with Gasteiger partial charge < -0.3 is 14.9 Å². The topological polar surface area (TPSA) is 26.7 Å². The van der Waals surface area contributed by atoms with Crippen molar-refractivity contribution >= 4 is 17.3 Å². The van der Waals surface area contributed by atoms with Gasteiger partial charge in [0, 0.05) is 35.9 Å². The number of benzene rings is 1. The number of halogens is 1. The van der Waals surface area contributed by atoms with Crippen molar-refractivity contribution in [1.29, 1.82) is 0 Å². The first-order valence-electron chi connectivity index (χ1n) is 8.13. The van der Waals surface area contributed by atoms with Gasteiger partial charge in [-0.05, 0) is 56.8 Å². The number of nitrogens with zero attached hydrogens (tertiary/aromatic N) is 2. The predicted octanol–water partition coefficient (Wildman–Crippen LogP) is 3.14. The molecule has 0 radical (unpaired) electrons. The van der Waals surface area contributed by atoms with Crippen molar-refractivity contribution in [1.82, 2.24) is 4.90 Å². The van der Waals surface area contributed by atoms with Crippen LogP contribution in [0.5, 0.6) is 0 Å². The minimum Gasteiger partial charge on any atom is -0.392 e. The van der Waals surface area contributed by atoms with Crippen molar-refractivity contribution in [3.8, 4) is 0 Å². The van der Waals surface area contributed by atoms with E-state index in [1.807, 2.05) is 12.1 Å². The summed E-state index contributed by atoms with van der Waals surface area (Å²) in [5.74, 6) is 0.830. The van der Waals surface area contributed by atoms with Crippen LogP contribution < -0.4 is 4.90 Å². The molecule has 2 heterocycles. The lowest BCUT2D eigenvalue weighted by atomic mass is 9.95. The lowest BCUT2D eigenvalue weighted by Gasteiger charge is -2.36. The summed E-state index contributed by atoms with van der Waals surface area (Å²) in [6.07, 6.45) is 5.24. The molecule has 0 atom stereocenters. The summed E-state index contributed by atoms with van der Waals surface area (Å²) >= 11 is 6.20. The SMILES string of the molecule is OCc1c(Cl)cccc1N1CCC(CN2CCCC2)CC1. The van der Waals surface area contributed by atoms with Gasteiger partial charge in [0.2, 0.25) is 0 Å². The number of hydrogen-bond acceptors (Lipinski definition) is 3. The summed E-state index contributed by atoms with van der Waals surface area (Å²) in [6, 6.07) is 5.92. The predicted molar refractivity (Wildman–Crippen MR) is 88.0 cm³/mol. The zero-order chi connectivity index (χ0) is 14.7. The third-order valence-electron chi connectivity index (χ3n) is 4.92. The molecule has 1 N–H and O–H groups in total. The average molecular weight is 309 g/mol. The maximum absolute atomic E-state index is 9.55. The molecule has 3 nitrogen and oxygen atoms in total. The Hall–Kier alpha value is -0.770. The minimum absolute atomic E-state index is 0.0166. The van der Waals surface area contributed by atoms with Gasteiger partial charge in [-0.25, -0.2) is 0 Å². The number of likely N-dealkylation sites (tertiary alicyclic amines) is 1. The second kappa shape index (κ2) is 6.99. The van der Waals surface area contributed by atoms with Crippen LogP contribution in [0.1, 0.15) is 31.2 Å². The van der Waals surface area contributed by atoms with Gasteiger partial charge in [0.15, 0.2) is 0 Å². The zero-order valence-corrected chi connectivity index (χ0v) is 13.4. The van der Waals surface area contributed by atoms with E-state index in [4.69, 9.17) is 11.6 Å². The molecule has 0 saturated carbocycles. The summed E-state index contributed by atoms with van der Waals surface area (Å²) in [7, 11) is 0. The molecular formula is C17H25ClN2O. The van der Waals surface area contributed by atoms with Crippen LogP contribution in [-0.2, 0) is 6.61 Å². The van der Waals surface area contributed by atoms with Gasteiger partial charge in [0.1, 0.15) is 0 Å². The van der Waals surface area contributed by atoms with Gasteiger partial charge in [0.05, 0.1) is 6.61 Å². The standard InChI is InChI=1S/C17H25ClN2O/c18-16-4-3-5-17(15(16)13-21)20-10-6-14(7-11-20)12-19-8-1-2-9-19/h3-5,14,21H,1-2,6-13H2. The summed E-state index contributed by atoms with van der Waals surface area (Å²) in [6.45, 7) is 6.03. The van der Waals surface area contributed by atoms with Gasteiger partial charge in [-0.15, -0.1) is 0 Å². The second-order valence-corrected chi connectivity index (χ2v) is 6.74. The Bertz CT molecular complexity index is 466. The molecule has 0 spiro atoms. The molecule has 0 unspecified atom stereocenters. The molecule has 2 aliphatic rings. The molecule has 1 aromatic rings. The smallest absolute Gasteiger partial charge is 0.0716 e. The van der Waals surface area contributed by atoms with Crippen LogP contribution in [0.3, 0.4) is 0 Å². The molecule has 0 aromatic heterocycles. The number of aliphatic hydroxyl groups excluding tert-OH is 1. The maximum atomic E-state index is 9.55. The van der Waals surface area contributed by atoms with Crippen LogP contribution in [0.2, 0.25) is 5.02 Å². The highest BCUT2D eigenvalue weighted by atomic mass is 35.5. The Labute approximate surface area is 132 Å². The monoisotopic (exact) mass is 308 g/mol. The first-order chi connectivity index (χ1) is 10.3. The normalized spacial score (nSPS) is 21.1. The Kier molecular flexibility index (Phi) is 5.04. The molecule has 2 fully saturated rings. The number of anilines is 1. The van der Waals surface area contributed by atoms with Crippen LogP contribution in [0, 0.1) is 5.92 Å². The van der Waals surface area contributed by atoms with Gasteiger partial charge in [-0.2, -0.15) is 0 Å². The van der Waals surface area contributed by atoms with E-state index in [9.17, 15) is 5.11 Å². The fourth-order valence-electron chi connectivity index (χ4n) is 3.69. The molecule has 2 saturated heterocycles. The van der Waals surface area contributed by atoms with Gasteiger partial charge >= 0.3 is 0 Å². The highest BCUT2D eigenvalue weighted by Gasteiger charge is 2.24. The Morgan fingerprint density at radius 1 is 1.10 bits per heavy atom. The lowest BCUT2D eigenvalue weighted by molar-refractivity contribution is 0.248. The van der Waals surface area contributed by atoms with Gasteiger partial charge in [-0.1, -0.05) is 17.7 Å². The molecule has 3 rings (SSSR count). The fourth-order valence-corrected chi connectivity index (χ4v) is 3.92. The summed E-state index contributed by atoms with van der Waals surface area (Å²) in [5, 5.41) is 10.2. The highest BCUT2D eigenvalue weighted by molar-refractivity contribution is 6.31. The molecule has 4 heteroatoms. The number of rotatable bonds is 4. The molecule has 21 heavy (non-hydrogen) atoms. The average Bonchev–Trinajstić information content (AvgIpc) is 3.01. The van der Waals surface area contributed by atoms with E-state index in [1.54, 1.807) is 0 Å². The Morgan fingerprint density at radius 3 is 2.48 bits per heavy atom. The van der Waals surface area contributed by atoms with E-state index in [0.29, 0.717) is 5.02 Å². The largest absolute Gasteiger partial charge is 0.392 e. The van der Waals surface area contributed by atoms with Gasteiger partial charge in [0.25, 0.3) is 0 Å². The number of hydrogen-bond donors (Lipinski definition) is 1. The quantitative estimate of drug-likeness (QED) is 0.925. The lowest BCUT2D eigenvalue weighted by Crippen LogP contribution is -2.38. The van der Waals surface area contributed by atoms with Crippen molar-refractivity contribution < 1.29 is 5.11 Å². The van der Waals surface area contributed by atoms with Crippen LogP contribution in [0.4, 0.5) is 5.69 Å². The Morgan fingerprint density at radius 2 is 1.81 bits per heavy atom. The molecule has 0 aliphatic carbocycles. The zero-order valence-electron chi connectivity index (χ0n) is 12.6. The minimum atomic E-state index is 0.0166. The second-order valence-electron chi connectivity index (χ2n) is 6.33. The highest BCUT2D eigenvalue weighted by Crippen LogP contribution is 2.31. The third kappa shape index (κ3) is 3.53. The third-order valence-corrected chi connectivity index (χ3v) is 5.28. The molecule has 1 aromatic carbocycles. The van der Waals surface area contributed by atoms with Crippen molar-refractivity contribution in [3.63, 3.8) is 0 Å². The van der Waals surface area contributed by atoms with Crippen LogP contribution in [0.25, 0.3) is 0 Å². The van der Waals surface area contributed by atoms with E-state index < -0.39 is 0 Å². The summed E-state index contributed by atoms with van der Waals surface area (Å²) < 4.78 is 0. The molecule has 2 aliphatic heterocycles. The van der Waals surface area contributed by atoms with E-state index in [1.165, 1.54) is 45.3 Å². The summed E-state index contributed by atoms with van der Waals surface area (Å²) in [5.41, 5.74) is 1.99. The molecule has 0 amide bonds. The fraction of sp³-hybridized carbons (Fsp3) is 0.647. The van der Waals surface area contributed by atoms with Crippen molar-refractivity contribution in [2.75, 3.05) is 37.6 Å². The molecular weight excluding hydrogens is 284 g/mol. The summed E-state index contributed by atoms with van der Waals surface area (Å²) in [4.78, 5) is 5.01. The van der Waals surface area contributed by atoms with E-state index in [-0.39, 0.29) is 6.61 Å². The first kappa shape index (κ1) is 15.1. The van der Waals surface area contributed by atoms with Crippen molar-refractivity contribution in [2.24, 2.45) is 5.92 Å². The van der Waals surface area contributed by atoms with Crippen molar-refractivity contribution in [3.05, 3.63) is 28.8 Å². The van der Waals surface area contributed by atoms with E-state index >= 15 is 0 Å².